The number of anilines is 1. The summed E-state index contributed by atoms with van der Waals surface area (Å²) >= 11 is 3.20. The van der Waals surface area contributed by atoms with Crippen molar-refractivity contribution >= 4 is 45.8 Å². The van der Waals surface area contributed by atoms with Crippen LogP contribution < -0.4 is 5.32 Å². The Hall–Kier alpha value is -2.19. The Labute approximate surface area is 172 Å². The van der Waals surface area contributed by atoms with Crippen molar-refractivity contribution in [3.8, 4) is 10.6 Å². The number of hydrogen-bond donors (Lipinski definition) is 1. The van der Waals surface area contributed by atoms with Gasteiger partial charge in [-0.15, -0.1) is 22.7 Å². The molecule has 1 aliphatic heterocycles. The van der Waals surface area contributed by atoms with Gasteiger partial charge in [0.25, 0.3) is 0 Å². The summed E-state index contributed by atoms with van der Waals surface area (Å²) in [6.45, 7) is 8.07. The molecule has 2 aromatic heterocycles. The Morgan fingerprint density at radius 3 is 2.68 bits per heavy atom. The summed E-state index contributed by atoms with van der Waals surface area (Å²) in [6.07, 6.45) is 5.92. The lowest BCUT2D eigenvalue weighted by molar-refractivity contribution is -0.114. The molecular weight excluding hydrogens is 394 g/mol. The fraction of sp³-hybridized carbons (Fsp3) is 0.450. The number of fused-ring (bicyclic) bond motifs is 2. The van der Waals surface area contributed by atoms with Gasteiger partial charge in [0.15, 0.2) is 0 Å². The molecule has 6 nitrogen and oxygen atoms in total. The Morgan fingerprint density at radius 2 is 2.00 bits per heavy atom. The number of rotatable bonds is 2. The van der Waals surface area contributed by atoms with Crippen LogP contribution in [0.2, 0.25) is 0 Å². The summed E-state index contributed by atoms with van der Waals surface area (Å²) in [6, 6.07) is 0. The lowest BCUT2D eigenvalue weighted by atomic mass is 10.1. The number of allylic oxidation sites excluding steroid dienone is 1. The molecule has 4 rings (SSSR count). The van der Waals surface area contributed by atoms with Crippen LogP contribution in [0.25, 0.3) is 16.6 Å². The zero-order valence-electron chi connectivity index (χ0n) is 16.4. The molecule has 148 valence electrons. The number of nitrogens with zero attached hydrogens (tertiary/aromatic N) is 2. The second-order valence-corrected chi connectivity index (χ2v) is 10.2. The summed E-state index contributed by atoms with van der Waals surface area (Å²) in [7, 11) is 0. The second-order valence-electron chi connectivity index (χ2n) is 7.99. The van der Waals surface area contributed by atoms with Crippen LogP contribution in [0.15, 0.2) is 6.08 Å². The molecule has 1 N–H and O–H groups in total. The van der Waals surface area contributed by atoms with Gasteiger partial charge in [-0.25, -0.2) is 9.78 Å². The maximum atomic E-state index is 12.5. The van der Waals surface area contributed by atoms with Crippen LogP contribution in [0.3, 0.4) is 0 Å². The molecule has 2 aromatic rings. The number of aryl methyl sites for hydroxylation is 1. The van der Waals surface area contributed by atoms with Gasteiger partial charge < -0.3 is 10.1 Å². The topological polar surface area (TPSA) is 71.5 Å². The summed E-state index contributed by atoms with van der Waals surface area (Å²) in [4.78, 5) is 33.1. The average molecular weight is 418 g/mol. The third kappa shape index (κ3) is 3.71. The molecule has 0 saturated carbocycles. The van der Waals surface area contributed by atoms with Gasteiger partial charge in [0, 0.05) is 16.7 Å². The highest BCUT2D eigenvalue weighted by molar-refractivity contribution is 7.19. The first-order chi connectivity index (χ1) is 13.2. The van der Waals surface area contributed by atoms with Gasteiger partial charge in [-0.05, 0) is 45.3 Å². The number of amides is 2. The van der Waals surface area contributed by atoms with E-state index in [0.29, 0.717) is 13.1 Å². The van der Waals surface area contributed by atoms with Gasteiger partial charge in [-0.1, -0.05) is 6.08 Å². The van der Waals surface area contributed by atoms with E-state index in [1.165, 1.54) is 23.1 Å². The van der Waals surface area contributed by atoms with E-state index in [2.05, 4.69) is 17.5 Å². The average Bonchev–Trinajstić information content (AvgIpc) is 3.23. The molecule has 0 aromatic carbocycles. The van der Waals surface area contributed by atoms with Gasteiger partial charge >= 0.3 is 6.09 Å². The first kappa shape index (κ1) is 19.1. The fourth-order valence-electron chi connectivity index (χ4n) is 3.35. The van der Waals surface area contributed by atoms with Crippen LogP contribution in [-0.4, -0.2) is 27.5 Å². The minimum absolute atomic E-state index is 0.105. The van der Waals surface area contributed by atoms with E-state index in [4.69, 9.17) is 9.72 Å². The Kier molecular flexibility index (Phi) is 4.79. The van der Waals surface area contributed by atoms with Gasteiger partial charge in [0.1, 0.15) is 15.6 Å². The lowest BCUT2D eigenvalue weighted by Gasteiger charge is -2.24. The Balaban J connectivity index is 1.69. The third-order valence-corrected chi connectivity index (χ3v) is 6.75. The summed E-state index contributed by atoms with van der Waals surface area (Å²) in [5, 5.41) is 4.68. The van der Waals surface area contributed by atoms with Gasteiger partial charge in [0.05, 0.1) is 24.3 Å². The van der Waals surface area contributed by atoms with Gasteiger partial charge in [-0.2, -0.15) is 0 Å². The van der Waals surface area contributed by atoms with E-state index in [9.17, 15) is 9.59 Å². The fourth-order valence-corrected chi connectivity index (χ4v) is 5.83. The number of nitrogens with one attached hydrogen (secondary N) is 1. The highest BCUT2D eigenvalue weighted by atomic mass is 32.1. The zero-order chi connectivity index (χ0) is 20.1. The zero-order valence-corrected chi connectivity index (χ0v) is 18.1. The molecule has 0 fully saturated rings. The number of thiazole rings is 1. The monoisotopic (exact) mass is 417 g/mol. The molecule has 28 heavy (non-hydrogen) atoms. The molecule has 2 aliphatic rings. The van der Waals surface area contributed by atoms with Crippen LogP contribution >= 0.6 is 22.7 Å². The number of thiophene rings is 1. The highest BCUT2D eigenvalue weighted by Crippen LogP contribution is 2.47. The molecule has 8 heteroatoms. The molecule has 2 amide bonds. The number of aromatic nitrogens is 1. The summed E-state index contributed by atoms with van der Waals surface area (Å²) < 4.78 is 5.53. The Bertz CT molecular complexity index is 982. The number of carbonyl (C=O) groups is 2. The minimum atomic E-state index is -0.530. The predicted octanol–water partition coefficient (Wildman–Crippen LogP) is 5.04. The van der Waals surface area contributed by atoms with E-state index in [0.717, 1.165) is 44.5 Å². The van der Waals surface area contributed by atoms with Crippen molar-refractivity contribution in [2.45, 2.75) is 59.2 Å². The predicted molar refractivity (Wildman–Crippen MR) is 113 cm³/mol. The third-order valence-electron chi connectivity index (χ3n) is 4.47. The number of ether oxygens (including phenoxy) is 1. The Morgan fingerprint density at radius 1 is 1.21 bits per heavy atom. The number of hydrogen-bond acceptors (Lipinski definition) is 6. The SMILES string of the molecule is CC(=O)Nc1sc2c(c1-c1nc3c(s1)CCC=C3)CN(C(=O)OC(C)(C)C)C2. The van der Waals surface area contributed by atoms with E-state index >= 15 is 0 Å². The quantitative estimate of drug-likeness (QED) is 0.743. The standard InChI is InChI=1S/C20H23N3O3S2/c1-11(24)21-17-16(18-22-13-7-5-6-8-14(13)27-18)12-9-23(10-15(12)28-17)19(25)26-20(2,3)4/h5,7H,6,8-10H2,1-4H3,(H,21,24). The lowest BCUT2D eigenvalue weighted by Crippen LogP contribution is -2.33. The molecule has 0 radical (unpaired) electrons. The van der Waals surface area contributed by atoms with Crippen LogP contribution in [-0.2, 0) is 29.0 Å². The van der Waals surface area contributed by atoms with Crippen LogP contribution in [0, 0.1) is 0 Å². The molecule has 0 saturated heterocycles. The van der Waals surface area contributed by atoms with Crippen molar-refractivity contribution in [3.63, 3.8) is 0 Å². The van der Waals surface area contributed by atoms with E-state index in [-0.39, 0.29) is 12.0 Å². The van der Waals surface area contributed by atoms with Crippen molar-refractivity contribution < 1.29 is 14.3 Å². The minimum Gasteiger partial charge on any atom is -0.444 e. The molecule has 1 aliphatic carbocycles. The van der Waals surface area contributed by atoms with Crippen molar-refractivity contribution in [3.05, 3.63) is 27.1 Å². The van der Waals surface area contributed by atoms with Gasteiger partial charge in [0.2, 0.25) is 5.91 Å². The molecule has 0 bridgehead atoms. The molecule has 0 atom stereocenters. The van der Waals surface area contributed by atoms with Gasteiger partial charge in [-0.3, -0.25) is 9.69 Å². The second kappa shape index (κ2) is 7.00. The number of carbonyl (C=O) groups excluding carboxylic acids is 2. The normalized spacial score (nSPS) is 15.4. The van der Waals surface area contributed by atoms with Crippen LogP contribution in [0.5, 0.6) is 0 Å². The highest BCUT2D eigenvalue weighted by Gasteiger charge is 2.34. The molecule has 0 unspecified atom stereocenters. The maximum absolute atomic E-state index is 12.5. The van der Waals surface area contributed by atoms with Crippen molar-refractivity contribution in [1.82, 2.24) is 9.88 Å². The van der Waals surface area contributed by atoms with E-state index in [1.807, 2.05) is 20.8 Å². The van der Waals surface area contributed by atoms with Crippen LogP contribution in [0.1, 0.15) is 55.1 Å². The largest absolute Gasteiger partial charge is 0.444 e. The van der Waals surface area contributed by atoms with E-state index in [1.54, 1.807) is 16.2 Å². The first-order valence-electron chi connectivity index (χ1n) is 9.28. The van der Waals surface area contributed by atoms with Crippen molar-refractivity contribution in [2.75, 3.05) is 5.32 Å². The summed E-state index contributed by atoms with van der Waals surface area (Å²) in [5.41, 5.74) is 2.50. The molecular formula is C20H23N3O3S2. The molecule has 0 spiro atoms. The first-order valence-corrected chi connectivity index (χ1v) is 10.9. The van der Waals surface area contributed by atoms with Crippen molar-refractivity contribution in [1.29, 1.82) is 0 Å². The van der Waals surface area contributed by atoms with E-state index < -0.39 is 5.60 Å². The maximum Gasteiger partial charge on any atom is 0.410 e. The van der Waals surface area contributed by atoms with Crippen molar-refractivity contribution in [2.24, 2.45) is 0 Å². The smallest absolute Gasteiger partial charge is 0.410 e. The summed E-state index contributed by atoms with van der Waals surface area (Å²) in [5.74, 6) is -0.105. The van der Waals surface area contributed by atoms with Crippen LogP contribution in [0.4, 0.5) is 9.80 Å². The molecule has 3 heterocycles.